The van der Waals surface area contributed by atoms with E-state index in [0.717, 1.165) is 25.5 Å². The average molecular weight is 225 g/mol. The standard InChI is InChI=1S/C13H27N3/c1-2-9-15-10-4-3-5-11-16-13(14)12-7-6-8-12/h12,15H,2-11H2,1H3,(H2,14,16). The number of hydrogen-bond acceptors (Lipinski definition) is 2. The summed E-state index contributed by atoms with van der Waals surface area (Å²) >= 11 is 0. The highest BCUT2D eigenvalue weighted by Crippen LogP contribution is 2.26. The molecule has 1 aliphatic carbocycles. The van der Waals surface area contributed by atoms with Crippen molar-refractivity contribution in [3.8, 4) is 0 Å². The summed E-state index contributed by atoms with van der Waals surface area (Å²) in [5.41, 5.74) is 5.90. The van der Waals surface area contributed by atoms with Crippen molar-refractivity contribution in [1.82, 2.24) is 5.32 Å². The zero-order valence-corrected chi connectivity index (χ0v) is 10.7. The minimum Gasteiger partial charge on any atom is -0.387 e. The Labute approximate surface area is 99.9 Å². The van der Waals surface area contributed by atoms with Gasteiger partial charge < -0.3 is 11.1 Å². The maximum absolute atomic E-state index is 5.90. The number of unbranched alkanes of at least 4 members (excludes halogenated alkanes) is 2. The second-order valence-corrected chi connectivity index (χ2v) is 4.75. The molecule has 0 amide bonds. The smallest absolute Gasteiger partial charge is 0.0968 e. The zero-order valence-electron chi connectivity index (χ0n) is 10.7. The van der Waals surface area contributed by atoms with Crippen LogP contribution in [-0.4, -0.2) is 25.5 Å². The van der Waals surface area contributed by atoms with Crippen LogP contribution in [0, 0.1) is 5.92 Å². The Hall–Kier alpha value is -0.570. The molecular weight excluding hydrogens is 198 g/mol. The van der Waals surface area contributed by atoms with Crippen LogP contribution >= 0.6 is 0 Å². The van der Waals surface area contributed by atoms with Crippen molar-refractivity contribution in [2.24, 2.45) is 16.6 Å². The van der Waals surface area contributed by atoms with Gasteiger partial charge in [0, 0.05) is 12.5 Å². The maximum Gasteiger partial charge on any atom is 0.0968 e. The van der Waals surface area contributed by atoms with E-state index in [1.165, 1.54) is 44.9 Å². The van der Waals surface area contributed by atoms with Crippen LogP contribution in [-0.2, 0) is 0 Å². The molecule has 1 fully saturated rings. The SMILES string of the molecule is CCCNCCCCCN=C(N)C1CCC1. The molecule has 1 rings (SSSR count). The number of hydrogen-bond donors (Lipinski definition) is 2. The number of nitrogens with zero attached hydrogens (tertiary/aromatic N) is 1. The molecule has 94 valence electrons. The van der Waals surface area contributed by atoms with Crippen molar-refractivity contribution in [3.05, 3.63) is 0 Å². The molecule has 1 aliphatic rings. The Kier molecular flexibility index (Phi) is 7.23. The van der Waals surface area contributed by atoms with E-state index < -0.39 is 0 Å². The van der Waals surface area contributed by atoms with Crippen molar-refractivity contribution in [3.63, 3.8) is 0 Å². The molecule has 0 aliphatic heterocycles. The highest BCUT2D eigenvalue weighted by molar-refractivity contribution is 5.83. The minimum absolute atomic E-state index is 0.617. The third-order valence-corrected chi connectivity index (χ3v) is 3.26. The van der Waals surface area contributed by atoms with Gasteiger partial charge in [-0.1, -0.05) is 19.8 Å². The average Bonchev–Trinajstić information content (AvgIpc) is 2.19. The summed E-state index contributed by atoms with van der Waals surface area (Å²) in [5, 5.41) is 3.41. The van der Waals surface area contributed by atoms with E-state index in [2.05, 4.69) is 17.2 Å². The van der Waals surface area contributed by atoms with E-state index in [4.69, 9.17) is 5.73 Å². The molecular formula is C13H27N3. The van der Waals surface area contributed by atoms with Crippen LogP contribution in [0.5, 0.6) is 0 Å². The van der Waals surface area contributed by atoms with Gasteiger partial charge in [0.25, 0.3) is 0 Å². The van der Waals surface area contributed by atoms with Crippen LogP contribution in [0.25, 0.3) is 0 Å². The Balaban J connectivity index is 1.87. The molecule has 0 radical (unpaired) electrons. The van der Waals surface area contributed by atoms with Gasteiger partial charge in [0.2, 0.25) is 0 Å². The van der Waals surface area contributed by atoms with Gasteiger partial charge >= 0.3 is 0 Å². The normalized spacial score (nSPS) is 17.4. The second-order valence-electron chi connectivity index (χ2n) is 4.75. The van der Waals surface area contributed by atoms with Gasteiger partial charge in [0.05, 0.1) is 5.84 Å². The Bertz CT molecular complexity index is 197. The molecule has 3 heteroatoms. The van der Waals surface area contributed by atoms with Crippen molar-refractivity contribution >= 4 is 5.84 Å². The fourth-order valence-electron chi connectivity index (χ4n) is 1.88. The van der Waals surface area contributed by atoms with Gasteiger partial charge in [-0.25, -0.2) is 0 Å². The van der Waals surface area contributed by atoms with Gasteiger partial charge in [-0.15, -0.1) is 0 Å². The number of rotatable bonds is 9. The van der Waals surface area contributed by atoms with E-state index in [0.29, 0.717) is 5.92 Å². The van der Waals surface area contributed by atoms with Crippen LogP contribution in [0.3, 0.4) is 0 Å². The van der Waals surface area contributed by atoms with E-state index in [-0.39, 0.29) is 0 Å². The lowest BCUT2D eigenvalue weighted by Crippen LogP contribution is -2.29. The summed E-state index contributed by atoms with van der Waals surface area (Å²) in [7, 11) is 0. The minimum atomic E-state index is 0.617. The molecule has 0 aromatic heterocycles. The third-order valence-electron chi connectivity index (χ3n) is 3.26. The predicted molar refractivity (Wildman–Crippen MR) is 70.8 cm³/mol. The van der Waals surface area contributed by atoms with Gasteiger partial charge in [0.1, 0.15) is 0 Å². The van der Waals surface area contributed by atoms with Gasteiger partial charge in [-0.3, -0.25) is 4.99 Å². The van der Waals surface area contributed by atoms with E-state index >= 15 is 0 Å². The van der Waals surface area contributed by atoms with Crippen molar-refractivity contribution in [1.29, 1.82) is 0 Å². The van der Waals surface area contributed by atoms with Crippen molar-refractivity contribution in [2.45, 2.75) is 51.9 Å². The fraction of sp³-hybridized carbons (Fsp3) is 0.923. The first-order valence-corrected chi connectivity index (χ1v) is 6.85. The first kappa shape index (κ1) is 13.5. The quantitative estimate of drug-likeness (QED) is 0.359. The third kappa shape index (κ3) is 5.50. The highest BCUT2D eigenvalue weighted by atomic mass is 14.9. The van der Waals surface area contributed by atoms with Gasteiger partial charge in [-0.2, -0.15) is 0 Å². The van der Waals surface area contributed by atoms with E-state index in [1.807, 2.05) is 0 Å². The Morgan fingerprint density at radius 1 is 1.25 bits per heavy atom. The Morgan fingerprint density at radius 3 is 2.69 bits per heavy atom. The largest absolute Gasteiger partial charge is 0.387 e. The molecule has 0 heterocycles. The molecule has 3 nitrogen and oxygen atoms in total. The van der Waals surface area contributed by atoms with E-state index in [1.54, 1.807) is 0 Å². The number of amidine groups is 1. The lowest BCUT2D eigenvalue weighted by atomic mass is 9.84. The summed E-state index contributed by atoms with van der Waals surface area (Å²) < 4.78 is 0. The molecule has 16 heavy (non-hydrogen) atoms. The molecule has 0 spiro atoms. The summed E-state index contributed by atoms with van der Waals surface area (Å²) in [4.78, 5) is 4.45. The van der Waals surface area contributed by atoms with Crippen molar-refractivity contribution in [2.75, 3.05) is 19.6 Å². The number of aliphatic imine (C=N–C) groups is 1. The number of nitrogens with two attached hydrogens (primary N) is 1. The summed E-state index contributed by atoms with van der Waals surface area (Å²) in [5.74, 6) is 1.53. The second kappa shape index (κ2) is 8.57. The van der Waals surface area contributed by atoms with Crippen molar-refractivity contribution < 1.29 is 0 Å². The molecule has 0 bridgehead atoms. The monoisotopic (exact) mass is 225 g/mol. The lowest BCUT2D eigenvalue weighted by molar-refractivity contribution is 0.409. The molecule has 0 aromatic rings. The molecule has 1 saturated carbocycles. The zero-order chi connectivity index (χ0) is 11.6. The Morgan fingerprint density at radius 2 is 2.06 bits per heavy atom. The maximum atomic E-state index is 5.90. The molecule has 0 saturated heterocycles. The molecule has 0 atom stereocenters. The first-order chi connectivity index (χ1) is 7.84. The predicted octanol–water partition coefficient (Wildman–Crippen LogP) is 2.31. The van der Waals surface area contributed by atoms with E-state index in [9.17, 15) is 0 Å². The fourth-order valence-corrected chi connectivity index (χ4v) is 1.88. The molecule has 0 aromatic carbocycles. The van der Waals surface area contributed by atoms with Crippen LogP contribution in [0.1, 0.15) is 51.9 Å². The van der Waals surface area contributed by atoms with Crippen LogP contribution in [0.15, 0.2) is 4.99 Å². The molecule has 3 N–H and O–H groups in total. The number of nitrogens with one attached hydrogen (secondary N) is 1. The van der Waals surface area contributed by atoms with Gasteiger partial charge in [0.15, 0.2) is 0 Å². The van der Waals surface area contributed by atoms with Crippen LogP contribution < -0.4 is 11.1 Å². The lowest BCUT2D eigenvalue weighted by Gasteiger charge is -2.24. The molecule has 0 unspecified atom stereocenters. The van der Waals surface area contributed by atoms with Crippen LogP contribution in [0.2, 0.25) is 0 Å². The van der Waals surface area contributed by atoms with Crippen LogP contribution in [0.4, 0.5) is 0 Å². The topological polar surface area (TPSA) is 50.4 Å². The summed E-state index contributed by atoms with van der Waals surface area (Å²) in [6, 6.07) is 0. The summed E-state index contributed by atoms with van der Waals surface area (Å²) in [6.45, 7) is 5.42. The summed E-state index contributed by atoms with van der Waals surface area (Å²) in [6.07, 6.45) is 8.79. The van der Waals surface area contributed by atoms with Gasteiger partial charge in [-0.05, 0) is 45.2 Å². The highest BCUT2D eigenvalue weighted by Gasteiger charge is 2.20. The first-order valence-electron chi connectivity index (χ1n) is 6.85.